The van der Waals surface area contributed by atoms with E-state index < -0.39 is 0 Å². The van der Waals surface area contributed by atoms with E-state index in [4.69, 9.17) is 21.6 Å². The molecular weight excluding hydrogens is 286 g/mol. The smallest absolute Gasteiger partial charge is 0.145 e. The first kappa shape index (κ1) is 15.4. The third-order valence-electron chi connectivity index (χ3n) is 3.09. The first-order valence-electron chi connectivity index (χ1n) is 7.09. The van der Waals surface area contributed by atoms with Crippen molar-refractivity contribution in [2.24, 2.45) is 0 Å². The van der Waals surface area contributed by atoms with Crippen molar-refractivity contribution in [3.8, 4) is 11.8 Å². The average molecular weight is 304 g/mol. The largest absolute Gasteiger partial charge is 0.494 e. The van der Waals surface area contributed by atoms with E-state index in [0.717, 1.165) is 30.7 Å². The van der Waals surface area contributed by atoms with Gasteiger partial charge in [0.2, 0.25) is 0 Å². The van der Waals surface area contributed by atoms with Crippen LogP contribution in [0.2, 0.25) is 5.15 Å². The van der Waals surface area contributed by atoms with E-state index in [1.54, 1.807) is 4.68 Å². The molecule has 0 radical (unpaired) electrons. The number of hydrogen-bond donors (Lipinski definition) is 0. The van der Waals surface area contributed by atoms with Gasteiger partial charge < -0.3 is 4.74 Å². The van der Waals surface area contributed by atoms with E-state index >= 15 is 0 Å². The Morgan fingerprint density at radius 3 is 2.76 bits per heavy atom. The van der Waals surface area contributed by atoms with Gasteiger partial charge in [-0.3, -0.25) is 4.68 Å². The Morgan fingerprint density at radius 1 is 1.33 bits per heavy atom. The molecule has 0 saturated carbocycles. The molecule has 1 heterocycles. The Labute approximate surface area is 129 Å². The second-order valence-electron chi connectivity index (χ2n) is 4.71. The van der Waals surface area contributed by atoms with Crippen LogP contribution in [0.3, 0.4) is 0 Å². The maximum Gasteiger partial charge on any atom is 0.145 e. The van der Waals surface area contributed by atoms with Crippen molar-refractivity contribution in [2.45, 2.75) is 32.7 Å². The molecular formula is C16H18ClN3O. The quantitative estimate of drug-likeness (QED) is 0.730. The normalized spacial score (nSPS) is 10.3. The van der Waals surface area contributed by atoms with E-state index in [1.807, 2.05) is 30.3 Å². The van der Waals surface area contributed by atoms with Gasteiger partial charge in [0.1, 0.15) is 22.5 Å². The molecule has 2 aromatic rings. The van der Waals surface area contributed by atoms with Crippen LogP contribution in [0.25, 0.3) is 0 Å². The number of benzene rings is 1. The predicted octanol–water partition coefficient (Wildman–Crippen LogP) is 3.83. The van der Waals surface area contributed by atoms with Crippen LogP contribution < -0.4 is 4.74 Å². The number of rotatable bonds is 7. The lowest BCUT2D eigenvalue weighted by Gasteiger charge is -2.06. The van der Waals surface area contributed by atoms with E-state index in [2.05, 4.69) is 18.1 Å². The van der Waals surface area contributed by atoms with Crippen LogP contribution in [0.15, 0.2) is 30.3 Å². The average Bonchev–Trinajstić information content (AvgIpc) is 2.80. The van der Waals surface area contributed by atoms with Crippen molar-refractivity contribution in [3.05, 3.63) is 46.7 Å². The van der Waals surface area contributed by atoms with E-state index in [0.29, 0.717) is 23.9 Å². The third kappa shape index (κ3) is 3.99. The molecule has 0 amide bonds. The van der Waals surface area contributed by atoms with E-state index in [-0.39, 0.29) is 0 Å². The number of halogens is 1. The molecule has 0 aliphatic carbocycles. The SMILES string of the molecule is CCCc1nn(CCCOc2ccccc2)c(Cl)c1C#N. The van der Waals surface area contributed by atoms with Crippen LogP contribution in [-0.2, 0) is 13.0 Å². The molecule has 0 unspecified atom stereocenters. The van der Waals surface area contributed by atoms with Gasteiger partial charge in [-0.25, -0.2) is 0 Å². The zero-order valence-electron chi connectivity index (χ0n) is 12.1. The van der Waals surface area contributed by atoms with Crippen molar-refractivity contribution >= 4 is 11.6 Å². The van der Waals surface area contributed by atoms with Crippen molar-refractivity contribution in [1.29, 1.82) is 5.26 Å². The monoisotopic (exact) mass is 303 g/mol. The molecule has 0 fully saturated rings. The topological polar surface area (TPSA) is 50.8 Å². The standard InChI is InChI=1S/C16H18ClN3O/c1-2-7-15-14(12-18)16(17)20(19-15)10-6-11-21-13-8-4-3-5-9-13/h3-5,8-9H,2,6-7,10-11H2,1H3. The molecule has 0 spiro atoms. The van der Waals surface area contributed by atoms with Crippen LogP contribution in [0.5, 0.6) is 5.75 Å². The minimum Gasteiger partial charge on any atom is -0.494 e. The van der Waals surface area contributed by atoms with Gasteiger partial charge in [-0.15, -0.1) is 0 Å². The summed E-state index contributed by atoms with van der Waals surface area (Å²) >= 11 is 6.20. The molecule has 1 aromatic carbocycles. The second-order valence-corrected chi connectivity index (χ2v) is 5.07. The van der Waals surface area contributed by atoms with Gasteiger partial charge in [0.05, 0.1) is 12.3 Å². The molecule has 110 valence electrons. The summed E-state index contributed by atoms with van der Waals surface area (Å²) in [6.45, 7) is 3.29. The number of aryl methyl sites for hydroxylation is 2. The Morgan fingerprint density at radius 2 is 2.10 bits per heavy atom. The van der Waals surface area contributed by atoms with Gasteiger partial charge in [0.25, 0.3) is 0 Å². The van der Waals surface area contributed by atoms with Gasteiger partial charge >= 0.3 is 0 Å². The molecule has 5 heteroatoms. The first-order chi connectivity index (χ1) is 10.3. The fourth-order valence-corrected chi connectivity index (χ4v) is 2.35. The third-order valence-corrected chi connectivity index (χ3v) is 3.47. The molecule has 1 aromatic heterocycles. The zero-order valence-corrected chi connectivity index (χ0v) is 12.8. The van der Waals surface area contributed by atoms with Crippen LogP contribution >= 0.6 is 11.6 Å². The van der Waals surface area contributed by atoms with Crippen molar-refractivity contribution < 1.29 is 4.74 Å². The fourth-order valence-electron chi connectivity index (χ4n) is 2.08. The molecule has 2 rings (SSSR count). The van der Waals surface area contributed by atoms with Gasteiger partial charge in [-0.1, -0.05) is 43.1 Å². The first-order valence-corrected chi connectivity index (χ1v) is 7.47. The molecule has 0 bridgehead atoms. The van der Waals surface area contributed by atoms with Gasteiger partial charge in [-0.05, 0) is 18.6 Å². The van der Waals surface area contributed by atoms with Crippen LogP contribution in [0.4, 0.5) is 0 Å². The molecule has 0 aliphatic heterocycles. The predicted molar refractivity (Wildman–Crippen MR) is 82.5 cm³/mol. The summed E-state index contributed by atoms with van der Waals surface area (Å²) in [7, 11) is 0. The molecule has 0 atom stereocenters. The zero-order chi connectivity index (χ0) is 15.1. The molecule has 0 N–H and O–H groups in total. The Bertz CT molecular complexity index is 616. The number of hydrogen-bond acceptors (Lipinski definition) is 3. The lowest BCUT2D eigenvalue weighted by Crippen LogP contribution is -2.06. The molecule has 0 aliphatic rings. The maximum atomic E-state index is 9.15. The highest BCUT2D eigenvalue weighted by atomic mass is 35.5. The summed E-state index contributed by atoms with van der Waals surface area (Å²) in [6, 6.07) is 11.8. The van der Waals surface area contributed by atoms with Gasteiger partial charge in [0, 0.05) is 13.0 Å². The Hall–Kier alpha value is -1.99. The van der Waals surface area contributed by atoms with Crippen LogP contribution in [0, 0.1) is 11.3 Å². The lowest BCUT2D eigenvalue weighted by molar-refractivity contribution is 0.298. The summed E-state index contributed by atoms with van der Waals surface area (Å²) in [6.07, 6.45) is 2.50. The molecule has 0 saturated heterocycles. The summed E-state index contributed by atoms with van der Waals surface area (Å²) in [5, 5.41) is 14.0. The van der Waals surface area contributed by atoms with E-state index in [9.17, 15) is 0 Å². The number of nitrogens with zero attached hydrogens (tertiary/aromatic N) is 3. The summed E-state index contributed by atoms with van der Waals surface area (Å²) < 4.78 is 7.32. The maximum absolute atomic E-state index is 9.15. The van der Waals surface area contributed by atoms with Crippen molar-refractivity contribution in [2.75, 3.05) is 6.61 Å². The molecule has 4 nitrogen and oxygen atoms in total. The minimum atomic E-state index is 0.431. The number of para-hydroxylation sites is 1. The Kier molecular flexibility index (Phi) is 5.65. The lowest BCUT2D eigenvalue weighted by atomic mass is 10.2. The molecule has 21 heavy (non-hydrogen) atoms. The number of nitriles is 1. The van der Waals surface area contributed by atoms with E-state index in [1.165, 1.54) is 0 Å². The fraction of sp³-hybridized carbons (Fsp3) is 0.375. The highest BCUT2D eigenvalue weighted by molar-refractivity contribution is 6.30. The van der Waals surface area contributed by atoms with Crippen LogP contribution in [-0.4, -0.2) is 16.4 Å². The summed E-state index contributed by atoms with van der Waals surface area (Å²) in [5.41, 5.74) is 1.29. The Balaban J connectivity index is 1.90. The highest BCUT2D eigenvalue weighted by Crippen LogP contribution is 2.20. The van der Waals surface area contributed by atoms with Crippen LogP contribution in [0.1, 0.15) is 31.0 Å². The van der Waals surface area contributed by atoms with Gasteiger partial charge in [0.15, 0.2) is 0 Å². The van der Waals surface area contributed by atoms with Crippen molar-refractivity contribution in [3.63, 3.8) is 0 Å². The highest BCUT2D eigenvalue weighted by Gasteiger charge is 2.15. The van der Waals surface area contributed by atoms with Gasteiger partial charge in [-0.2, -0.15) is 10.4 Å². The number of aromatic nitrogens is 2. The van der Waals surface area contributed by atoms with Crippen molar-refractivity contribution in [1.82, 2.24) is 9.78 Å². The summed E-state index contributed by atoms with van der Waals surface area (Å²) in [4.78, 5) is 0. The second kappa shape index (κ2) is 7.70. The summed E-state index contributed by atoms with van der Waals surface area (Å²) in [5.74, 6) is 0.855. The minimum absolute atomic E-state index is 0.431. The number of ether oxygens (including phenoxy) is 1.